The first-order valence-electron chi connectivity index (χ1n) is 7.68. The summed E-state index contributed by atoms with van der Waals surface area (Å²) >= 11 is 6.33. The summed E-state index contributed by atoms with van der Waals surface area (Å²) in [4.78, 5) is 17.4. The predicted octanol–water partition coefficient (Wildman–Crippen LogP) is 4.30. The van der Waals surface area contributed by atoms with Crippen molar-refractivity contribution >= 4 is 50.8 Å². The second kappa shape index (κ2) is 8.59. The number of nitrogens with one attached hydrogen (secondary N) is 1. The maximum Gasteiger partial charge on any atom is 0.236 e. The number of hydrogen-bond donors (Lipinski definition) is 1. The fourth-order valence-corrected chi connectivity index (χ4v) is 3.88. The lowest BCUT2D eigenvalue weighted by Crippen LogP contribution is -2.15. The molecule has 0 radical (unpaired) electrons. The van der Waals surface area contributed by atoms with Crippen LogP contribution < -0.4 is 5.32 Å². The van der Waals surface area contributed by atoms with Crippen LogP contribution in [-0.2, 0) is 11.3 Å². The lowest BCUT2D eigenvalue weighted by molar-refractivity contribution is -0.113. The van der Waals surface area contributed by atoms with Gasteiger partial charge in [-0.05, 0) is 45.9 Å². The molecular formula is C16H16BrN5OS2. The van der Waals surface area contributed by atoms with Crippen LogP contribution in [0.15, 0.2) is 45.5 Å². The van der Waals surface area contributed by atoms with Gasteiger partial charge in [0, 0.05) is 17.2 Å². The molecule has 0 unspecified atom stereocenters. The van der Waals surface area contributed by atoms with E-state index in [1.807, 2.05) is 23.6 Å². The fourth-order valence-electron chi connectivity index (χ4n) is 2.17. The molecule has 0 saturated carbocycles. The van der Waals surface area contributed by atoms with Gasteiger partial charge >= 0.3 is 0 Å². The lowest BCUT2D eigenvalue weighted by Gasteiger charge is -2.08. The Hall–Kier alpha value is -1.71. The molecule has 0 saturated heterocycles. The van der Waals surface area contributed by atoms with Crippen LogP contribution in [-0.4, -0.2) is 31.4 Å². The van der Waals surface area contributed by atoms with Crippen LogP contribution in [0, 0.1) is 0 Å². The monoisotopic (exact) mass is 437 g/mol. The molecule has 0 bridgehead atoms. The normalized spacial score (nSPS) is 10.8. The summed E-state index contributed by atoms with van der Waals surface area (Å²) < 4.78 is 2.94. The molecule has 1 amide bonds. The highest BCUT2D eigenvalue weighted by atomic mass is 79.9. The summed E-state index contributed by atoms with van der Waals surface area (Å²) in [6, 6.07) is 7.61. The van der Waals surface area contributed by atoms with Crippen molar-refractivity contribution in [2.45, 2.75) is 25.0 Å². The quantitative estimate of drug-likeness (QED) is 0.557. The summed E-state index contributed by atoms with van der Waals surface area (Å²) in [5.41, 5.74) is 0. The lowest BCUT2D eigenvalue weighted by atomic mass is 10.4. The minimum Gasteiger partial charge on any atom is -0.310 e. The first-order chi connectivity index (χ1) is 12.2. The molecule has 0 aromatic carbocycles. The van der Waals surface area contributed by atoms with Crippen LogP contribution in [0.4, 0.5) is 5.82 Å². The standard InChI is InChI=1S/C16H16BrN5OS2/c1-2-7-22-15(12-4-3-8-24-12)20-21-16(22)25-10-14(23)19-13-6-5-11(17)9-18-13/h3-6,8-9H,2,7,10H2,1H3,(H,18,19,23). The van der Waals surface area contributed by atoms with Crippen molar-refractivity contribution in [3.05, 3.63) is 40.3 Å². The molecule has 130 valence electrons. The van der Waals surface area contributed by atoms with E-state index in [9.17, 15) is 4.79 Å². The van der Waals surface area contributed by atoms with Gasteiger partial charge in [-0.25, -0.2) is 4.98 Å². The number of anilines is 1. The van der Waals surface area contributed by atoms with Crippen LogP contribution in [0.1, 0.15) is 13.3 Å². The van der Waals surface area contributed by atoms with Crippen molar-refractivity contribution < 1.29 is 4.79 Å². The van der Waals surface area contributed by atoms with Crippen LogP contribution in [0.25, 0.3) is 10.7 Å². The van der Waals surface area contributed by atoms with Crippen molar-refractivity contribution in [3.8, 4) is 10.7 Å². The van der Waals surface area contributed by atoms with Crippen molar-refractivity contribution in [2.75, 3.05) is 11.1 Å². The molecule has 3 aromatic rings. The minimum absolute atomic E-state index is 0.122. The number of pyridine rings is 1. The molecule has 25 heavy (non-hydrogen) atoms. The Morgan fingerprint density at radius 2 is 2.24 bits per heavy atom. The van der Waals surface area contributed by atoms with Crippen LogP contribution in [0.2, 0.25) is 0 Å². The van der Waals surface area contributed by atoms with E-state index >= 15 is 0 Å². The van der Waals surface area contributed by atoms with Gasteiger partial charge in [0.05, 0.1) is 10.6 Å². The van der Waals surface area contributed by atoms with Crippen LogP contribution in [0.5, 0.6) is 0 Å². The molecule has 0 aliphatic carbocycles. The molecule has 1 N–H and O–H groups in total. The van der Waals surface area contributed by atoms with E-state index in [2.05, 4.69) is 47.9 Å². The fraction of sp³-hybridized carbons (Fsp3) is 0.250. The number of halogens is 1. The number of carbonyl (C=O) groups is 1. The van der Waals surface area contributed by atoms with Gasteiger partial charge in [0.25, 0.3) is 0 Å². The third kappa shape index (κ3) is 4.68. The maximum atomic E-state index is 12.1. The van der Waals surface area contributed by atoms with Crippen LogP contribution >= 0.6 is 39.0 Å². The number of rotatable bonds is 7. The summed E-state index contributed by atoms with van der Waals surface area (Å²) in [7, 11) is 0. The van der Waals surface area contributed by atoms with Gasteiger partial charge in [-0.1, -0.05) is 24.8 Å². The van der Waals surface area contributed by atoms with Crippen molar-refractivity contribution in [1.82, 2.24) is 19.7 Å². The zero-order valence-electron chi connectivity index (χ0n) is 13.5. The Kier molecular flexibility index (Phi) is 6.22. The molecule has 3 heterocycles. The third-order valence-electron chi connectivity index (χ3n) is 3.23. The van der Waals surface area contributed by atoms with Crippen molar-refractivity contribution in [1.29, 1.82) is 0 Å². The van der Waals surface area contributed by atoms with Crippen LogP contribution in [0.3, 0.4) is 0 Å². The molecule has 0 spiro atoms. The Bertz CT molecular complexity index is 833. The molecule has 3 rings (SSSR count). The van der Waals surface area contributed by atoms with E-state index in [0.717, 1.165) is 33.3 Å². The molecule has 0 atom stereocenters. The Labute approximate surface area is 162 Å². The van der Waals surface area contributed by atoms with E-state index in [0.29, 0.717) is 5.82 Å². The first kappa shape index (κ1) is 18.1. The van der Waals surface area contributed by atoms with E-state index in [1.54, 1.807) is 23.6 Å². The number of carbonyl (C=O) groups excluding carboxylic acids is 1. The summed E-state index contributed by atoms with van der Waals surface area (Å²) in [5, 5.41) is 14.1. The number of nitrogens with zero attached hydrogens (tertiary/aromatic N) is 4. The smallest absolute Gasteiger partial charge is 0.236 e. The minimum atomic E-state index is -0.122. The molecule has 0 fully saturated rings. The Morgan fingerprint density at radius 3 is 2.92 bits per heavy atom. The molecule has 0 aliphatic rings. The predicted molar refractivity (Wildman–Crippen MR) is 105 cm³/mol. The number of aromatic nitrogens is 4. The first-order valence-corrected chi connectivity index (χ1v) is 10.3. The average molecular weight is 438 g/mol. The van der Waals surface area contributed by atoms with Gasteiger partial charge < -0.3 is 9.88 Å². The topological polar surface area (TPSA) is 72.7 Å². The summed E-state index contributed by atoms with van der Waals surface area (Å²) in [5.74, 6) is 1.52. The zero-order chi connectivity index (χ0) is 17.6. The molecule has 6 nitrogen and oxygen atoms in total. The number of thiophene rings is 1. The average Bonchev–Trinajstić information content (AvgIpc) is 3.25. The van der Waals surface area contributed by atoms with Gasteiger partial charge in [0.15, 0.2) is 11.0 Å². The highest BCUT2D eigenvalue weighted by Crippen LogP contribution is 2.27. The third-order valence-corrected chi connectivity index (χ3v) is 5.53. The maximum absolute atomic E-state index is 12.1. The summed E-state index contributed by atoms with van der Waals surface area (Å²) in [6.45, 7) is 2.93. The molecule has 0 aliphatic heterocycles. The number of hydrogen-bond acceptors (Lipinski definition) is 6. The van der Waals surface area contributed by atoms with Gasteiger partial charge in [-0.2, -0.15) is 0 Å². The molecule has 3 aromatic heterocycles. The van der Waals surface area contributed by atoms with E-state index < -0.39 is 0 Å². The van der Waals surface area contributed by atoms with Gasteiger partial charge in [0.1, 0.15) is 5.82 Å². The Morgan fingerprint density at radius 1 is 1.36 bits per heavy atom. The second-order valence-corrected chi connectivity index (χ2v) is 7.94. The molecule has 9 heteroatoms. The highest BCUT2D eigenvalue weighted by molar-refractivity contribution is 9.10. The van der Waals surface area contributed by atoms with Crippen molar-refractivity contribution in [2.24, 2.45) is 0 Å². The van der Waals surface area contributed by atoms with Gasteiger partial charge in [-0.15, -0.1) is 21.5 Å². The van der Waals surface area contributed by atoms with E-state index in [1.165, 1.54) is 11.8 Å². The van der Waals surface area contributed by atoms with Gasteiger partial charge in [-0.3, -0.25) is 4.79 Å². The number of amides is 1. The second-order valence-electron chi connectivity index (χ2n) is 5.13. The zero-order valence-corrected chi connectivity index (χ0v) is 16.7. The largest absolute Gasteiger partial charge is 0.310 e. The van der Waals surface area contributed by atoms with Gasteiger partial charge in [0.2, 0.25) is 5.91 Å². The highest BCUT2D eigenvalue weighted by Gasteiger charge is 2.16. The molecular weight excluding hydrogens is 422 g/mol. The Balaban J connectivity index is 1.66. The summed E-state index contributed by atoms with van der Waals surface area (Å²) in [6.07, 6.45) is 2.62. The number of thioether (sulfide) groups is 1. The van der Waals surface area contributed by atoms with E-state index in [4.69, 9.17) is 0 Å². The van der Waals surface area contributed by atoms with E-state index in [-0.39, 0.29) is 11.7 Å². The van der Waals surface area contributed by atoms with Crippen molar-refractivity contribution in [3.63, 3.8) is 0 Å². The SMILES string of the molecule is CCCn1c(SCC(=O)Nc2ccc(Br)cn2)nnc1-c1cccs1.